The minimum atomic E-state index is -0.854. The first-order valence-corrected chi connectivity index (χ1v) is 8.72. The van der Waals surface area contributed by atoms with Gasteiger partial charge in [-0.3, -0.25) is 9.59 Å². The highest BCUT2D eigenvalue weighted by atomic mass is 35.5. The third-order valence-electron chi connectivity index (χ3n) is 5.01. The number of nitrogens with zero attached hydrogens (tertiary/aromatic N) is 2. The number of carbonyl (C=O) groups excluding carboxylic acids is 2. The van der Waals surface area contributed by atoms with E-state index in [9.17, 15) is 18.4 Å². The molecule has 0 aromatic heterocycles. The smallest absolute Gasteiger partial charge is 0.256 e. The Balaban J connectivity index is 0.00000243. The minimum Gasteiger partial charge on any atom is -0.339 e. The van der Waals surface area contributed by atoms with Crippen LogP contribution in [0.2, 0.25) is 0 Å². The fraction of sp³-hybridized carbons (Fsp3) is 0.556. The zero-order valence-electron chi connectivity index (χ0n) is 14.7. The zero-order chi connectivity index (χ0) is 18.0. The van der Waals surface area contributed by atoms with Crippen LogP contribution in [0, 0.1) is 17.6 Å². The van der Waals surface area contributed by atoms with E-state index in [-0.39, 0.29) is 29.8 Å². The van der Waals surface area contributed by atoms with Crippen LogP contribution in [0.15, 0.2) is 18.2 Å². The summed E-state index contributed by atoms with van der Waals surface area (Å²) in [6.07, 6.45) is 1.67. The predicted molar refractivity (Wildman–Crippen MR) is 96.3 cm³/mol. The van der Waals surface area contributed by atoms with E-state index in [0.29, 0.717) is 38.3 Å². The first-order chi connectivity index (χ1) is 12.0. The molecule has 1 aromatic carbocycles. The van der Waals surface area contributed by atoms with Crippen molar-refractivity contribution in [2.75, 3.05) is 32.7 Å². The van der Waals surface area contributed by atoms with E-state index in [1.807, 2.05) is 0 Å². The van der Waals surface area contributed by atoms with Crippen LogP contribution in [0.4, 0.5) is 8.78 Å². The fourth-order valence-electron chi connectivity index (χ4n) is 3.58. The molecule has 0 saturated carbocycles. The summed E-state index contributed by atoms with van der Waals surface area (Å²) in [6.45, 7) is 4.55. The maximum absolute atomic E-state index is 13.8. The predicted octanol–water partition coefficient (Wildman–Crippen LogP) is 2.06. The number of rotatable bonds is 2. The van der Waals surface area contributed by atoms with E-state index in [2.05, 4.69) is 12.2 Å². The van der Waals surface area contributed by atoms with Gasteiger partial charge in [-0.1, -0.05) is 0 Å². The van der Waals surface area contributed by atoms with Crippen LogP contribution in [-0.4, -0.2) is 60.4 Å². The van der Waals surface area contributed by atoms with E-state index < -0.39 is 17.5 Å². The van der Waals surface area contributed by atoms with Crippen LogP contribution in [-0.2, 0) is 4.79 Å². The Morgan fingerprint density at radius 3 is 2.38 bits per heavy atom. The molecule has 1 aromatic rings. The van der Waals surface area contributed by atoms with Crippen molar-refractivity contribution in [2.45, 2.75) is 25.8 Å². The van der Waals surface area contributed by atoms with Gasteiger partial charge >= 0.3 is 0 Å². The molecule has 3 rings (SSSR count). The Morgan fingerprint density at radius 2 is 1.77 bits per heavy atom. The summed E-state index contributed by atoms with van der Waals surface area (Å²) in [5, 5.41) is 3.33. The minimum absolute atomic E-state index is 0. The van der Waals surface area contributed by atoms with E-state index in [1.165, 1.54) is 11.0 Å². The van der Waals surface area contributed by atoms with E-state index >= 15 is 0 Å². The summed E-state index contributed by atoms with van der Waals surface area (Å²) in [6, 6.07) is 3.30. The number of nitrogens with one attached hydrogen (secondary N) is 1. The van der Waals surface area contributed by atoms with Gasteiger partial charge in [-0.05, 0) is 38.4 Å². The number of carbonyl (C=O) groups is 2. The van der Waals surface area contributed by atoms with Crippen molar-refractivity contribution in [1.29, 1.82) is 0 Å². The van der Waals surface area contributed by atoms with Crippen molar-refractivity contribution >= 4 is 24.2 Å². The van der Waals surface area contributed by atoms with Crippen LogP contribution in [0.1, 0.15) is 30.1 Å². The zero-order valence-corrected chi connectivity index (χ0v) is 15.5. The number of hydrogen-bond donors (Lipinski definition) is 1. The average Bonchev–Trinajstić information content (AvgIpc) is 2.61. The highest BCUT2D eigenvalue weighted by molar-refractivity contribution is 5.94. The first-order valence-electron chi connectivity index (χ1n) is 8.72. The van der Waals surface area contributed by atoms with E-state index in [1.54, 1.807) is 4.90 Å². The molecule has 2 heterocycles. The molecule has 1 N–H and O–H groups in total. The maximum atomic E-state index is 13.8. The molecule has 2 aliphatic rings. The van der Waals surface area contributed by atoms with Gasteiger partial charge in [0.2, 0.25) is 5.91 Å². The molecule has 0 spiro atoms. The van der Waals surface area contributed by atoms with E-state index in [0.717, 1.165) is 25.5 Å². The molecule has 26 heavy (non-hydrogen) atoms. The Labute approximate surface area is 158 Å². The molecular formula is C18H24ClF2N3O2. The molecule has 2 atom stereocenters. The van der Waals surface area contributed by atoms with Crippen LogP contribution in [0.25, 0.3) is 0 Å². The van der Waals surface area contributed by atoms with Crippen LogP contribution >= 0.6 is 12.4 Å². The molecule has 0 bridgehead atoms. The molecule has 0 unspecified atom stereocenters. The van der Waals surface area contributed by atoms with Crippen LogP contribution in [0.5, 0.6) is 0 Å². The summed E-state index contributed by atoms with van der Waals surface area (Å²) in [4.78, 5) is 28.4. The lowest BCUT2D eigenvalue weighted by Gasteiger charge is -2.38. The highest BCUT2D eigenvalue weighted by Crippen LogP contribution is 2.20. The molecule has 2 fully saturated rings. The quantitative estimate of drug-likeness (QED) is 0.845. The van der Waals surface area contributed by atoms with Crippen molar-refractivity contribution in [3.05, 3.63) is 35.4 Å². The molecule has 0 radical (unpaired) electrons. The second-order valence-electron chi connectivity index (χ2n) is 6.82. The molecule has 0 aliphatic carbocycles. The maximum Gasteiger partial charge on any atom is 0.256 e. The number of benzene rings is 1. The lowest BCUT2D eigenvalue weighted by Crippen LogP contribution is -2.53. The van der Waals surface area contributed by atoms with Gasteiger partial charge in [-0.15, -0.1) is 12.4 Å². The van der Waals surface area contributed by atoms with Gasteiger partial charge in [0, 0.05) is 44.2 Å². The number of amides is 2. The normalized spacial score (nSPS) is 23.3. The van der Waals surface area contributed by atoms with Crippen molar-refractivity contribution in [3.8, 4) is 0 Å². The van der Waals surface area contributed by atoms with Gasteiger partial charge in [0.15, 0.2) is 0 Å². The van der Waals surface area contributed by atoms with Gasteiger partial charge in [-0.2, -0.15) is 0 Å². The van der Waals surface area contributed by atoms with Gasteiger partial charge in [-0.25, -0.2) is 8.78 Å². The number of piperazine rings is 1. The standard InChI is InChI=1S/C18H23F2N3O2.ClH/c1-12-10-13(4-5-21-12)17(24)22-6-8-23(9-7-22)18(25)15-3-2-14(19)11-16(15)20;/h2-3,11-13,21H,4-10H2,1H3;1H/t12-,13-;/m0./s1. The third-order valence-corrected chi connectivity index (χ3v) is 5.01. The summed E-state index contributed by atoms with van der Waals surface area (Å²) in [5.74, 6) is -1.84. The molecule has 144 valence electrons. The SMILES string of the molecule is C[C@H]1C[C@@H](C(=O)N2CCN(C(=O)c3ccc(F)cc3F)CC2)CCN1.Cl. The Hall–Kier alpha value is -1.73. The third kappa shape index (κ3) is 4.51. The summed E-state index contributed by atoms with van der Waals surface area (Å²) in [5.41, 5.74) is -0.131. The molecule has 2 amide bonds. The lowest BCUT2D eigenvalue weighted by atomic mass is 9.92. The Kier molecular flexibility index (Phi) is 6.94. The second kappa shape index (κ2) is 8.77. The van der Waals surface area contributed by atoms with Gasteiger partial charge in [0.25, 0.3) is 5.91 Å². The molecule has 8 heteroatoms. The van der Waals surface area contributed by atoms with Crippen molar-refractivity contribution in [3.63, 3.8) is 0 Å². The van der Waals surface area contributed by atoms with Gasteiger partial charge in [0.05, 0.1) is 5.56 Å². The van der Waals surface area contributed by atoms with Crippen molar-refractivity contribution in [2.24, 2.45) is 5.92 Å². The van der Waals surface area contributed by atoms with Gasteiger partial charge < -0.3 is 15.1 Å². The summed E-state index contributed by atoms with van der Waals surface area (Å²) >= 11 is 0. The second-order valence-corrected chi connectivity index (χ2v) is 6.82. The molecule has 2 aliphatic heterocycles. The Morgan fingerprint density at radius 1 is 1.12 bits per heavy atom. The Bertz CT molecular complexity index is 666. The van der Waals surface area contributed by atoms with Crippen LogP contribution in [0.3, 0.4) is 0 Å². The topological polar surface area (TPSA) is 52.7 Å². The van der Waals surface area contributed by atoms with E-state index in [4.69, 9.17) is 0 Å². The first kappa shape index (κ1) is 20.6. The highest BCUT2D eigenvalue weighted by Gasteiger charge is 2.31. The number of hydrogen-bond acceptors (Lipinski definition) is 3. The lowest BCUT2D eigenvalue weighted by molar-refractivity contribution is -0.138. The molecule has 5 nitrogen and oxygen atoms in total. The van der Waals surface area contributed by atoms with Crippen molar-refractivity contribution < 1.29 is 18.4 Å². The summed E-state index contributed by atoms with van der Waals surface area (Å²) < 4.78 is 26.8. The number of halogens is 3. The average molecular weight is 388 g/mol. The van der Waals surface area contributed by atoms with Crippen LogP contribution < -0.4 is 5.32 Å². The largest absolute Gasteiger partial charge is 0.339 e. The molecular weight excluding hydrogens is 364 g/mol. The monoisotopic (exact) mass is 387 g/mol. The summed E-state index contributed by atoms with van der Waals surface area (Å²) in [7, 11) is 0. The van der Waals surface area contributed by atoms with Gasteiger partial charge in [0.1, 0.15) is 11.6 Å². The fourth-order valence-corrected chi connectivity index (χ4v) is 3.58. The number of piperidine rings is 1. The van der Waals surface area contributed by atoms with Crippen molar-refractivity contribution in [1.82, 2.24) is 15.1 Å². The molecule has 2 saturated heterocycles.